The minimum absolute atomic E-state index is 0.0888. The van der Waals surface area contributed by atoms with Crippen molar-refractivity contribution in [2.75, 3.05) is 12.3 Å². The monoisotopic (exact) mass is 333 g/mol. The van der Waals surface area contributed by atoms with Crippen molar-refractivity contribution in [2.45, 2.75) is 6.04 Å². The van der Waals surface area contributed by atoms with Gasteiger partial charge in [-0.15, -0.1) is 0 Å². The third-order valence-electron chi connectivity index (χ3n) is 2.97. The third-order valence-corrected chi connectivity index (χ3v) is 3.47. The Balaban J connectivity index is 2.40. The minimum Gasteiger partial charge on any atom is -0.398 e. The number of halogens is 1. The molecule has 1 amide bonds. The number of hydrogen-bond donors (Lipinski definition) is 3. The van der Waals surface area contributed by atoms with Crippen molar-refractivity contribution in [1.29, 1.82) is 0 Å². The molecule has 104 valence electrons. The van der Waals surface area contributed by atoms with Gasteiger partial charge in [-0.05, 0) is 29.3 Å². The molecular formula is C15H16BrN3O. The number of nitrogens with one attached hydrogen (secondary N) is 1. The van der Waals surface area contributed by atoms with Gasteiger partial charge in [-0.25, -0.2) is 0 Å². The smallest absolute Gasteiger partial charge is 0.231 e. The molecule has 0 aliphatic carbocycles. The first kappa shape index (κ1) is 14.6. The quantitative estimate of drug-likeness (QED) is 0.733. The summed E-state index contributed by atoms with van der Waals surface area (Å²) in [5, 5.41) is 3.14. The maximum absolute atomic E-state index is 11.0. The van der Waals surface area contributed by atoms with Crippen LogP contribution >= 0.6 is 15.9 Å². The molecule has 4 nitrogen and oxygen atoms in total. The first-order valence-electron chi connectivity index (χ1n) is 6.19. The summed E-state index contributed by atoms with van der Waals surface area (Å²) < 4.78 is 0.934. The molecule has 2 aromatic carbocycles. The number of nitrogens with two attached hydrogens (primary N) is 2. The molecule has 0 fully saturated rings. The summed E-state index contributed by atoms with van der Waals surface area (Å²) in [4.78, 5) is 11.0. The van der Waals surface area contributed by atoms with Crippen LogP contribution in [0.5, 0.6) is 0 Å². The van der Waals surface area contributed by atoms with E-state index in [9.17, 15) is 4.79 Å². The van der Waals surface area contributed by atoms with E-state index < -0.39 is 5.91 Å². The van der Waals surface area contributed by atoms with E-state index in [1.54, 1.807) is 0 Å². The second kappa shape index (κ2) is 6.54. The molecule has 20 heavy (non-hydrogen) atoms. The summed E-state index contributed by atoms with van der Waals surface area (Å²) in [5.41, 5.74) is 13.9. The zero-order chi connectivity index (χ0) is 14.5. The van der Waals surface area contributed by atoms with Gasteiger partial charge < -0.3 is 11.5 Å². The predicted octanol–water partition coefficient (Wildman–Crippen LogP) is 2.20. The molecule has 0 saturated heterocycles. The first-order chi connectivity index (χ1) is 9.58. The summed E-state index contributed by atoms with van der Waals surface area (Å²) in [6.45, 7) is 0.0888. The van der Waals surface area contributed by atoms with Crippen molar-refractivity contribution in [3.63, 3.8) is 0 Å². The molecule has 1 unspecified atom stereocenters. The average Bonchev–Trinajstić information content (AvgIpc) is 2.43. The van der Waals surface area contributed by atoms with E-state index in [1.165, 1.54) is 0 Å². The van der Waals surface area contributed by atoms with Crippen molar-refractivity contribution in [3.8, 4) is 0 Å². The third kappa shape index (κ3) is 3.59. The van der Waals surface area contributed by atoms with Crippen molar-refractivity contribution in [1.82, 2.24) is 5.32 Å². The Morgan fingerprint density at radius 2 is 1.90 bits per heavy atom. The Morgan fingerprint density at radius 1 is 1.20 bits per heavy atom. The Kier molecular flexibility index (Phi) is 4.76. The highest BCUT2D eigenvalue weighted by Gasteiger charge is 2.17. The lowest BCUT2D eigenvalue weighted by Gasteiger charge is -2.21. The van der Waals surface area contributed by atoms with E-state index in [1.807, 2.05) is 48.5 Å². The van der Waals surface area contributed by atoms with Crippen LogP contribution in [0, 0.1) is 0 Å². The fraction of sp³-hybridized carbons (Fsp3) is 0.133. The number of amides is 1. The molecule has 0 aliphatic rings. The SMILES string of the molecule is NC(=O)CNC(c1ccccc1)c1cc(Br)ccc1N. The van der Waals surface area contributed by atoms with Gasteiger partial charge in [0.25, 0.3) is 0 Å². The lowest BCUT2D eigenvalue weighted by atomic mass is 9.97. The van der Waals surface area contributed by atoms with Gasteiger partial charge in [0, 0.05) is 10.2 Å². The number of hydrogen-bond acceptors (Lipinski definition) is 3. The molecule has 2 aromatic rings. The minimum atomic E-state index is -0.403. The highest BCUT2D eigenvalue weighted by atomic mass is 79.9. The van der Waals surface area contributed by atoms with E-state index in [0.717, 1.165) is 15.6 Å². The normalized spacial score (nSPS) is 12.1. The van der Waals surface area contributed by atoms with E-state index in [4.69, 9.17) is 11.5 Å². The highest BCUT2D eigenvalue weighted by molar-refractivity contribution is 9.10. The van der Waals surface area contributed by atoms with Crippen LogP contribution in [0.2, 0.25) is 0 Å². The lowest BCUT2D eigenvalue weighted by Crippen LogP contribution is -2.32. The molecule has 0 radical (unpaired) electrons. The number of anilines is 1. The van der Waals surface area contributed by atoms with Gasteiger partial charge in [-0.3, -0.25) is 10.1 Å². The molecular weight excluding hydrogens is 318 g/mol. The second-order valence-corrected chi connectivity index (χ2v) is 5.38. The van der Waals surface area contributed by atoms with Crippen molar-refractivity contribution in [2.24, 2.45) is 5.73 Å². The largest absolute Gasteiger partial charge is 0.398 e. The number of benzene rings is 2. The standard InChI is InChI=1S/C15H16BrN3O/c16-11-6-7-13(17)12(8-11)15(19-9-14(18)20)10-4-2-1-3-5-10/h1-8,15,19H,9,17H2,(H2,18,20). The van der Waals surface area contributed by atoms with Crippen LogP contribution in [0.25, 0.3) is 0 Å². The number of carbonyl (C=O) groups excluding carboxylic acids is 1. The van der Waals surface area contributed by atoms with Crippen LogP contribution in [0.15, 0.2) is 53.0 Å². The van der Waals surface area contributed by atoms with E-state index in [0.29, 0.717) is 5.69 Å². The van der Waals surface area contributed by atoms with Crippen LogP contribution in [0.4, 0.5) is 5.69 Å². The molecule has 0 heterocycles. The average molecular weight is 334 g/mol. The molecule has 0 spiro atoms. The maximum atomic E-state index is 11.0. The topological polar surface area (TPSA) is 81.1 Å². The molecule has 5 N–H and O–H groups in total. The Morgan fingerprint density at radius 3 is 2.55 bits per heavy atom. The number of carbonyl (C=O) groups is 1. The van der Waals surface area contributed by atoms with Gasteiger partial charge in [-0.2, -0.15) is 0 Å². The van der Waals surface area contributed by atoms with Crippen LogP contribution in [-0.2, 0) is 4.79 Å². The van der Waals surface area contributed by atoms with Crippen molar-refractivity contribution in [3.05, 3.63) is 64.1 Å². The first-order valence-corrected chi connectivity index (χ1v) is 6.99. The molecule has 0 bridgehead atoms. The zero-order valence-corrected chi connectivity index (χ0v) is 12.4. The Hall–Kier alpha value is -1.85. The van der Waals surface area contributed by atoms with E-state index in [2.05, 4.69) is 21.2 Å². The highest BCUT2D eigenvalue weighted by Crippen LogP contribution is 2.29. The fourth-order valence-electron chi connectivity index (χ4n) is 2.05. The summed E-state index contributed by atoms with van der Waals surface area (Å²) in [6, 6.07) is 15.3. The maximum Gasteiger partial charge on any atom is 0.231 e. The van der Waals surface area contributed by atoms with Crippen LogP contribution in [-0.4, -0.2) is 12.5 Å². The van der Waals surface area contributed by atoms with Crippen LogP contribution in [0.1, 0.15) is 17.2 Å². The molecule has 0 saturated carbocycles. The summed E-state index contributed by atoms with van der Waals surface area (Å²) in [5.74, 6) is -0.403. The van der Waals surface area contributed by atoms with Crippen LogP contribution < -0.4 is 16.8 Å². The van der Waals surface area contributed by atoms with Crippen molar-refractivity contribution < 1.29 is 4.79 Å². The fourth-order valence-corrected chi connectivity index (χ4v) is 2.43. The van der Waals surface area contributed by atoms with E-state index >= 15 is 0 Å². The van der Waals surface area contributed by atoms with Gasteiger partial charge in [0.1, 0.15) is 0 Å². The van der Waals surface area contributed by atoms with E-state index in [-0.39, 0.29) is 12.6 Å². The zero-order valence-electron chi connectivity index (χ0n) is 10.8. The van der Waals surface area contributed by atoms with Crippen molar-refractivity contribution >= 4 is 27.5 Å². The number of primary amides is 1. The number of nitrogen functional groups attached to an aromatic ring is 1. The summed E-state index contributed by atoms with van der Waals surface area (Å²) >= 11 is 3.44. The second-order valence-electron chi connectivity index (χ2n) is 4.46. The predicted molar refractivity (Wildman–Crippen MR) is 84.0 cm³/mol. The Labute approximate surface area is 126 Å². The molecule has 0 aliphatic heterocycles. The molecule has 2 rings (SSSR count). The van der Waals surface area contributed by atoms with Gasteiger partial charge >= 0.3 is 0 Å². The number of rotatable bonds is 5. The van der Waals surface area contributed by atoms with Gasteiger partial charge in [-0.1, -0.05) is 46.3 Å². The summed E-state index contributed by atoms with van der Waals surface area (Å²) in [7, 11) is 0. The van der Waals surface area contributed by atoms with Gasteiger partial charge in [0.05, 0.1) is 12.6 Å². The van der Waals surface area contributed by atoms with Crippen LogP contribution in [0.3, 0.4) is 0 Å². The lowest BCUT2D eigenvalue weighted by molar-refractivity contribution is -0.117. The molecule has 5 heteroatoms. The van der Waals surface area contributed by atoms with Gasteiger partial charge in [0.15, 0.2) is 0 Å². The summed E-state index contributed by atoms with van der Waals surface area (Å²) in [6.07, 6.45) is 0. The Bertz CT molecular complexity index is 601. The molecule has 1 atom stereocenters. The molecule has 0 aromatic heterocycles. The van der Waals surface area contributed by atoms with Gasteiger partial charge in [0.2, 0.25) is 5.91 Å².